The number of carbonyl (C=O) groups excluding carboxylic acids is 2. The third-order valence-electron chi connectivity index (χ3n) is 3.87. The monoisotopic (exact) mass is 428 g/mol. The summed E-state index contributed by atoms with van der Waals surface area (Å²) >= 11 is 0. The van der Waals surface area contributed by atoms with E-state index in [9.17, 15) is 35.9 Å². The SMILES string of the molecule is O=C1CC(NC(=O)c2cc(OC(F)(F)F)ccc2OCCCC(F)(F)F)CCN1. The molecule has 1 aromatic rings. The van der Waals surface area contributed by atoms with Gasteiger partial charge in [0, 0.05) is 25.4 Å². The van der Waals surface area contributed by atoms with Crippen molar-refractivity contribution in [3.8, 4) is 11.5 Å². The number of piperidine rings is 1. The van der Waals surface area contributed by atoms with Crippen LogP contribution >= 0.6 is 0 Å². The predicted octanol–water partition coefficient (Wildman–Crippen LogP) is 3.31. The molecule has 0 spiro atoms. The molecule has 1 fully saturated rings. The Morgan fingerprint density at radius 2 is 1.93 bits per heavy atom. The number of halogens is 6. The number of hydrogen-bond donors (Lipinski definition) is 2. The topological polar surface area (TPSA) is 76.7 Å². The van der Waals surface area contributed by atoms with Crippen LogP contribution in [0.4, 0.5) is 26.3 Å². The van der Waals surface area contributed by atoms with Crippen LogP contribution in [-0.4, -0.2) is 43.5 Å². The van der Waals surface area contributed by atoms with Gasteiger partial charge in [0.05, 0.1) is 12.2 Å². The predicted molar refractivity (Wildman–Crippen MR) is 87.4 cm³/mol. The van der Waals surface area contributed by atoms with Crippen LogP contribution < -0.4 is 20.1 Å². The van der Waals surface area contributed by atoms with Gasteiger partial charge in [0.25, 0.3) is 5.91 Å². The third-order valence-corrected chi connectivity index (χ3v) is 3.87. The van der Waals surface area contributed by atoms with Gasteiger partial charge in [-0.3, -0.25) is 9.59 Å². The molecule has 1 saturated heterocycles. The van der Waals surface area contributed by atoms with E-state index in [0.717, 1.165) is 18.2 Å². The van der Waals surface area contributed by atoms with Gasteiger partial charge in [0.1, 0.15) is 11.5 Å². The fourth-order valence-electron chi connectivity index (χ4n) is 2.63. The summed E-state index contributed by atoms with van der Waals surface area (Å²) in [5.74, 6) is -2.01. The van der Waals surface area contributed by atoms with Gasteiger partial charge >= 0.3 is 12.5 Å². The Kier molecular flexibility index (Phi) is 7.20. The zero-order chi connectivity index (χ0) is 21.7. The van der Waals surface area contributed by atoms with Crippen molar-refractivity contribution in [1.29, 1.82) is 0 Å². The Hall–Kier alpha value is -2.66. The summed E-state index contributed by atoms with van der Waals surface area (Å²) in [6.45, 7) is -0.0765. The molecular formula is C17H18F6N2O4. The molecule has 0 radical (unpaired) electrons. The summed E-state index contributed by atoms with van der Waals surface area (Å²) in [5, 5.41) is 5.08. The molecule has 1 aliphatic rings. The molecule has 2 amide bonds. The summed E-state index contributed by atoms with van der Waals surface area (Å²) in [7, 11) is 0. The number of rotatable bonds is 7. The van der Waals surface area contributed by atoms with Gasteiger partial charge in [-0.15, -0.1) is 13.2 Å². The summed E-state index contributed by atoms with van der Waals surface area (Å²) in [6.07, 6.45) is -10.5. The van der Waals surface area contributed by atoms with Gasteiger partial charge in [0.2, 0.25) is 5.91 Å². The number of benzene rings is 1. The largest absolute Gasteiger partial charge is 0.573 e. The second kappa shape index (κ2) is 9.23. The normalized spacial score (nSPS) is 17.4. The lowest BCUT2D eigenvalue weighted by atomic mass is 10.1. The van der Waals surface area contributed by atoms with Crippen LogP contribution in [0.25, 0.3) is 0 Å². The van der Waals surface area contributed by atoms with E-state index < -0.39 is 49.7 Å². The molecule has 1 aliphatic heterocycles. The molecule has 0 aromatic heterocycles. The highest BCUT2D eigenvalue weighted by atomic mass is 19.4. The number of nitrogens with one attached hydrogen (secondary N) is 2. The second-order valence-corrected chi connectivity index (χ2v) is 6.29. The Balaban J connectivity index is 2.13. The van der Waals surface area contributed by atoms with Crippen molar-refractivity contribution in [3.63, 3.8) is 0 Å². The molecular weight excluding hydrogens is 410 g/mol. The minimum absolute atomic E-state index is 0.00768. The van der Waals surface area contributed by atoms with Crippen molar-refractivity contribution in [2.45, 2.75) is 44.3 Å². The van der Waals surface area contributed by atoms with E-state index in [1.54, 1.807) is 0 Å². The third kappa shape index (κ3) is 8.08. The molecule has 1 aromatic carbocycles. The number of alkyl halides is 6. The summed E-state index contributed by atoms with van der Waals surface area (Å²) in [5.41, 5.74) is -0.343. The molecule has 2 rings (SSSR count). The second-order valence-electron chi connectivity index (χ2n) is 6.29. The highest BCUT2D eigenvalue weighted by Gasteiger charge is 2.32. The van der Waals surface area contributed by atoms with E-state index in [1.807, 2.05) is 0 Å². The van der Waals surface area contributed by atoms with E-state index in [4.69, 9.17) is 4.74 Å². The molecule has 1 heterocycles. The minimum Gasteiger partial charge on any atom is -0.493 e. The van der Waals surface area contributed by atoms with Crippen molar-refractivity contribution < 1.29 is 45.4 Å². The van der Waals surface area contributed by atoms with Crippen molar-refractivity contribution in [2.24, 2.45) is 0 Å². The first-order valence-corrected chi connectivity index (χ1v) is 8.60. The maximum absolute atomic E-state index is 12.5. The molecule has 1 unspecified atom stereocenters. The molecule has 162 valence electrons. The van der Waals surface area contributed by atoms with Gasteiger partial charge in [-0.05, 0) is 31.0 Å². The van der Waals surface area contributed by atoms with Gasteiger partial charge in [-0.2, -0.15) is 13.2 Å². The van der Waals surface area contributed by atoms with Crippen LogP contribution in [0.2, 0.25) is 0 Å². The summed E-state index contributed by atoms with van der Waals surface area (Å²) < 4.78 is 82.9. The number of amides is 2. The molecule has 0 saturated carbocycles. The van der Waals surface area contributed by atoms with Crippen LogP contribution in [0.5, 0.6) is 11.5 Å². The van der Waals surface area contributed by atoms with E-state index in [1.165, 1.54) is 0 Å². The molecule has 1 atom stereocenters. The fourth-order valence-corrected chi connectivity index (χ4v) is 2.63. The summed E-state index contributed by atoms with van der Waals surface area (Å²) in [4.78, 5) is 23.9. The van der Waals surface area contributed by atoms with Crippen molar-refractivity contribution >= 4 is 11.8 Å². The molecule has 12 heteroatoms. The fraction of sp³-hybridized carbons (Fsp3) is 0.529. The zero-order valence-electron chi connectivity index (χ0n) is 15.0. The first kappa shape index (κ1) is 22.6. The smallest absolute Gasteiger partial charge is 0.493 e. The summed E-state index contributed by atoms with van der Waals surface area (Å²) in [6, 6.07) is 2.14. The highest BCUT2D eigenvalue weighted by molar-refractivity contribution is 5.98. The molecule has 0 bridgehead atoms. The van der Waals surface area contributed by atoms with E-state index in [-0.39, 0.29) is 23.6 Å². The van der Waals surface area contributed by atoms with Crippen molar-refractivity contribution in [1.82, 2.24) is 10.6 Å². The molecule has 0 aliphatic carbocycles. The molecule has 29 heavy (non-hydrogen) atoms. The van der Waals surface area contributed by atoms with Crippen LogP contribution in [0.1, 0.15) is 36.0 Å². The van der Waals surface area contributed by atoms with Crippen LogP contribution in [-0.2, 0) is 4.79 Å². The lowest BCUT2D eigenvalue weighted by Gasteiger charge is -2.23. The number of carbonyl (C=O) groups is 2. The van der Waals surface area contributed by atoms with Crippen LogP contribution in [0, 0.1) is 0 Å². The standard InChI is InChI=1S/C17H18F6N2O4/c18-16(19,20)5-1-7-28-13-3-2-11(29-17(21,22)23)9-12(13)15(27)25-10-4-6-24-14(26)8-10/h2-3,9-10H,1,4-8H2,(H,24,26)(H,25,27). The molecule has 6 nitrogen and oxygen atoms in total. The van der Waals surface area contributed by atoms with E-state index in [2.05, 4.69) is 15.4 Å². The van der Waals surface area contributed by atoms with Gasteiger partial charge in [-0.25, -0.2) is 0 Å². The first-order chi connectivity index (χ1) is 13.4. The Labute approximate surface area is 161 Å². The zero-order valence-corrected chi connectivity index (χ0v) is 15.0. The Morgan fingerprint density at radius 3 is 2.55 bits per heavy atom. The minimum atomic E-state index is -5.00. The van der Waals surface area contributed by atoms with E-state index in [0.29, 0.717) is 13.0 Å². The average Bonchev–Trinajstić information content (AvgIpc) is 2.57. The number of ether oxygens (including phenoxy) is 2. The van der Waals surface area contributed by atoms with Crippen LogP contribution in [0.3, 0.4) is 0 Å². The van der Waals surface area contributed by atoms with Gasteiger partial charge in [0.15, 0.2) is 0 Å². The Bertz CT molecular complexity index is 736. The van der Waals surface area contributed by atoms with Gasteiger partial charge in [-0.1, -0.05) is 0 Å². The van der Waals surface area contributed by atoms with Gasteiger partial charge < -0.3 is 20.1 Å². The highest BCUT2D eigenvalue weighted by Crippen LogP contribution is 2.29. The average molecular weight is 428 g/mol. The number of hydrogen-bond acceptors (Lipinski definition) is 4. The first-order valence-electron chi connectivity index (χ1n) is 8.60. The lowest BCUT2D eigenvalue weighted by Crippen LogP contribution is -2.45. The quantitative estimate of drug-likeness (QED) is 0.516. The van der Waals surface area contributed by atoms with E-state index >= 15 is 0 Å². The Morgan fingerprint density at radius 1 is 1.21 bits per heavy atom. The maximum Gasteiger partial charge on any atom is 0.573 e. The maximum atomic E-state index is 12.5. The van der Waals surface area contributed by atoms with Crippen molar-refractivity contribution in [3.05, 3.63) is 23.8 Å². The van der Waals surface area contributed by atoms with Crippen LogP contribution in [0.15, 0.2) is 18.2 Å². The van der Waals surface area contributed by atoms with Crippen molar-refractivity contribution in [2.75, 3.05) is 13.2 Å². The molecule has 2 N–H and O–H groups in total. The lowest BCUT2D eigenvalue weighted by molar-refractivity contribution is -0.274.